The van der Waals surface area contributed by atoms with Crippen LogP contribution in [0, 0.1) is 5.92 Å². The Kier molecular flexibility index (Phi) is 5.65. The van der Waals surface area contributed by atoms with Crippen molar-refractivity contribution in [2.24, 2.45) is 11.1 Å². The molecule has 4 nitrogen and oxygen atoms in total. The summed E-state index contributed by atoms with van der Waals surface area (Å²) >= 11 is 0. The summed E-state index contributed by atoms with van der Waals surface area (Å²) < 4.78 is 27.6. The van der Waals surface area contributed by atoms with Gasteiger partial charge in [0.15, 0.2) is 0 Å². The predicted molar refractivity (Wildman–Crippen MR) is 85.0 cm³/mol. The molecule has 0 heterocycles. The van der Waals surface area contributed by atoms with E-state index in [1.54, 1.807) is 0 Å². The van der Waals surface area contributed by atoms with Crippen LogP contribution in [-0.4, -0.2) is 20.8 Å². The fourth-order valence-corrected chi connectivity index (χ4v) is 3.42. The maximum Gasteiger partial charge on any atom is 0.209 e. The van der Waals surface area contributed by atoms with Crippen LogP contribution in [-0.2, 0) is 22.9 Å². The molecule has 0 amide bonds. The third-order valence-corrected chi connectivity index (χ3v) is 4.90. The van der Waals surface area contributed by atoms with Crippen molar-refractivity contribution in [1.29, 1.82) is 0 Å². The number of sulfonamides is 1. The molecule has 1 aromatic rings. The van der Waals surface area contributed by atoms with Crippen LogP contribution in [0.25, 0.3) is 0 Å². The third kappa shape index (κ3) is 5.67. The monoisotopic (exact) mass is 311 g/mol. The molecule has 0 bridgehead atoms. The molecule has 1 atom stereocenters. The van der Waals surface area contributed by atoms with Crippen molar-refractivity contribution in [3.8, 4) is 5.75 Å². The Morgan fingerprint density at radius 2 is 1.90 bits per heavy atom. The quantitative estimate of drug-likeness (QED) is 0.841. The molecule has 5 heteroatoms. The standard InChI is InChI=1S/C16H25NO3S/c1-13(9-11-21(17,18)19)8-10-20-16-7-6-14-4-2-3-5-15(14)12-16/h6-7,12-13H,2-5,8-11H2,1H3,(H2,17,18,19). The molecule has 0 aliphatic heterocycles. The average Bonchev–Trinajstić information content (AvgIpc) is 2.44. The summed E-state index contributed by atoms with van der Waals surface area (Å²) in [5.41, 5.74) is 2.87. The Morgan fingerprint density at radius 3 is 2.62 bits per heavy atom. The minimum absolute atomic E-state index is 0.0486. The van der Waals surface area contributed by atoms with Gasteiger partial charge in [-0.25, -0.2) is 13.6 Å². The van der Waals surface area contributed by atoms with Crippen molar-refractivity contribution in [3.05, 3.63) is 29.3 Å². The summed E-state index contributed by atoms with van der Waals surface area (Å²) in [5.74, 6) is 1.27. The first-order valence-corrected chi connectivity index (χ1v) is 9.40. The molecule has 0 saturated carbocycles. The molecule has 21 heavy (non-hydrogen) atoms. The lowest BCUT2D eigenvalue weighted by Gasteiger charge is -2.17. The zero-order valence-electron chi connectivity index (χ0n) is 12.7. The first-order chi connectivity index (χ1) is 9.94. The summed E-state index contributed by atoms with van der Waals surface area (Å²) in [6.45, 7) is 2.64. The van der Waals surface area contributed by atoms with Gasteiger partial charge in [-0.05, 0) is 67.7 Å². The van der Waals surface area contributed by atoms with E-state index in [1.807, 2.05) is 13.0 Å². The van der Waals surface area contributed by atoms with Gasteiger partial charge >= 0.3 is 0 Å². The van der Waals surface area contributed by atoms with Crippen molar-refractivity contribution in [1.82, 2.24) is 0 Å². The fourth-order valence-electron chi connectivity index (χ4n) is 2.69. The van der Waals surface area contributed by atoms with Crippen LogP contribution in [0.4, 0.5) is 0 Å². The lowest BCUT2D eigenvalue weighted by Crippen LogP contribution is -2.18. The van der Waals surface area contributed by atoms with Gasteiger partial charge in [-0.15, -0.1) is 0 Å². The van der Waals surface area contributed by atoms with E-state index in [0.717, 1.165) is 18.6 Å². The Hall–Kier alpha value is -1.07. The summed E-state index contributed by atoms with van der Waals surface area (Å²) in [5, 5.41) is 5.01. The van der Waals surface area contributed by atoms with Crippen LogP contribution in [0.2, 0.25) is 0 Å². The number of rotatable bonds is 7. The lowest BCUT2D eigenvalue weighted by atomic mass is 9.92. The number of ether oxygens (including phenoxy) is 1. The fraction of sp³-hybridized carbons (Fsp3) is 0.625. The van der Waals surface area contributed by atoms with Crippen molar-refractivity contribution in [2.75, 3.05) is 12.4 Å². The van der Waals surface area contributed by atoms with Gasteiger partial charge in [-0.2, -0.15) is 0 Å². The highest BCUT2D eigenvalue weighted by Crippen LogP contribution is 2.25. The second kappa shape index (κ2) is 7.27. The highest BCUT2D eigenvalue weighted by molar-refractivity contribution is 7.89. The van der Waals surface area contributed by atoms with E-state index in [9.17, 15) is 8.42 Å². The molecule has 2 rings (SSSR count). The molecular weight excluding hydrogens is 286 g/mol. The minimum atomic E-state index is -3.35. The van der Waals surface area contributed by atoms with Gasteiger partial charge in [0.1, 0.15) is 5.75 Å². The van der Waals surface area contributed by atoms with E-state index < -0.39 is 10.0 Å². The normalized spacial score (nSPS) is 16.3. The van der Waals surface area contributed by atoms with Gasteiger partial charge in [-0.1, -0.05) is 13.0 Å². The van der Waals surface area contributed by atoms with Crippen LogP contribution in [0.3, 0.4) is 0 Å². The van der Waals surface area contributed by atoms with Crippen molar-refractivity contribution in [3.63, 3.8) is 0 Å². The highest BCUT2D eigenvalue weighted by atomic mass is 32.2. The summed E-state index contributed by atoms with van der Waals surface area (Å²) in [7, 11) is -3.35. The van der Waals surface area contributed by atoms with E-state index in [4.69, 9.17) is 9.88 Å². The third-order valence-electron chi connectivity index (χ3n) is 4.09. The van der Waals surface area contributed by atoms with Gasteiger partial charge in [0, 0.05) is 0 Å². The number of hydrogen-bond acceptors (Lipinski definition) is 3. The van der Waals surface area contributed by atoms with Gasteiger partial charge in [0.2, 0.25) is 10.0 Å². The Balaban J connectivity index is 1.75. The number of nitrogens with two attached hydrogens (primary N) is 1. The van der Waals surface area contributed by atoms with E-state index >= 15 is 0 Å². The SMILES string of the molecule is CC(CCOc1ccc2c(c1)CCCC2)CCS(N)(=O)=O. The van der Waals surface area contributed by atoms with Gasteiger partial charge in [-0.3, -0.25) is 0 Å². The molecule has 1 aliphatic carbocycles. The number of fused-ring (bicyclic) bond motifs is 1. The van der Waals surface area contributed by atoms with Crippen LogP contribution < -0.4 is 9.88 Å². The smallest absolute Gasteiger partial charge is 0.209 e. The largest absolute Gasteiger partial charge is 0.494 e. The first kappa shape index (κ1) is 16.3. The Labute approximate surface area is 127 Å². The topological polar surface area (TPSA) is 69.4 Å². The van der Waals surface area contributed by atoms with Gasteiger partial charge in [0.05, 0.1) is 12.4 Å². The maximum absolute atomic E-state index is 10.9. The molecule has 1 aromatic carbocycles. The summed E-state index contributed by atoms with van der Waals surface area (Å²) in [6.07, 6.45) is 6.31. The van der Waals surface area contributed by atoms with Crippen molar-refractivity contribution < 1.29 is 13.2 Å². The molecule has 0 aromatic heterocycles. The Morgan fingerprint density at radius 1 is 1.19 bits per heavy atom. The van der Waals surface area contributed by atoms with Crippen LogP contribution in [0.1, 0.15) is 43.7 Å². The molecule has 1 unspecified atom stereocenters. The molecule has 0 fully saturated rings. The zero-order chi connectivity index (χ0) is 15.3. The van der Waals surface area contributed by atoms with Crippen molar-refractivity contribution in [2.45, 2.75) is 45.4 Å². The highest BCUT2D eigenvalue weighted by Gasteiger charge is 2.11. The minimum Gasteiger partial charge on any atom is -0.494 e. The molecule has 0 radical (unpaired) electrons. The number of primary sulfonamides is 1. The van der Waals surface area contributed by atoms with E-state index in [0.29, 0.717) is 18.9 Å². The summed E-state index contributed by atoms with van der Waals surface area (Å²) in [4.78, 5) is 0. The second-order valence-corrected chi connectivity index (χ2v) is 7.77. The molecule has 0 saturated heterocycles. The van der Waals surface area contributed by atoms with E-state index in [2.05, 4.69) is 12.1 Å². The van der Waals surface area contributed by atoms with Crippen LogP contribution in [0.5, 0.6) is 5.75 Å². The van der Waals surface area contributed by atoms with Crippen LogP contribution in [0.15, 0.2) is 18.2 Å². The lowest BCUT2D eigenvalue weighted by molar-refractivity contribution is 0.281. The first-order valence-electron chi connectivity index (χ1n) is 7.69. The number of hydrogen-bond donors (Lipinski definition) is 1. The van der Waals surface area contributed by atoms with Gasteiger partial charge < -0.3 is 4.74 Å². The van der Waals surface area contributed by atoms with Gasteiger partial charge in [0.25, 0.3) is 0 Å². The predicted octanol–water partition coefficient (Wildman–Crippen LogP) is 2.65. The average molecular weight is 311 g/mol. The number of aryl methyl sites for hydroxylation is 2. The maximum atomic E-state index is 10.9. The molecule has 0 spiro atoms. The van der Waals surface area contributed by atoms with Crippen molar-refractivity contribution >= 4 is 10.0 Å². The molecule has 2 N–H and O–H groups in total. The summed E-state index contributed by atoms with van der Waals surface area (Å²) in [6, 6.07) is 6.37. The number of benzene rings is 1. The molecular formula is C16H25NO3S. The van der Waals surface area contributed by atoms with E-state index in [-0.39, 0.29) is 5.75 Å². The second-order valence-electron chi connectivity index (χ2n) is 6.04. The Bertz CT molecular complexity index is 569. The zero-order valence-corrected chi connectivity index (χ0v) is 13.5. The molecule has 118 valence electrons. The molecule has 1 aliphatic rings. The van der Waals surface area contributed by atoms with Crippen LogP contribution >= 0.6 is 0 Å². The van der Waals surface area contributed by atoms with E-state index in [1.165, 1.54) is 30.4 Å².